The van der Waals surface area contributed by atoms with Gasteiger partial charge in [0, 0.05) is 27.7 Å². The number of ether oxygens (including phenoxy) is 1. The number of carbonyl (C=O) groups is 2. The number of β-lactam (4-membered cyclic amide) rings is 1. The summed E-state index contributed by atoms with van der Waals surface area (Å²) in [6, 6.07) is 12.8. The normalized spacial score (nSPS) is 20.3. The molecule has 0 radical (unpaired) electrons. The van der Waals surface area contributed by atoms with Crippen molar-refractivity contribution in [3.8, 4) is 0 Å². The third kappa shape index (κ3) is 3.89. The summed E-state index contributed by atoms with van der Waals surface area (Å²) in [5, 5.41) is 1.02. The fourth-order valence-corrected chi connectivity index (χ4v) is 3.48. The molecule has 1 aliphatic heterocycles. The lowest BCUT2D eigenvalue weighted by Crippen LogP contribution is -2.72. The van der Waals surface area contributed by atoms with Crippen molar-refractivity contribution in [2.75, 3.05) is 0 Å². The topological polar surface area (TPSA) is 59.0 Å². The van der Waals surface area contributed by atoms with Gasteiger partial charge in [-0.05, 0) is 64.1 Å². The van der Waals surface area contributed by atoms with E-state index in [4.69, 9.17) is 27.9 Å². The molecule has 1 heterocycles. The molecule has 0 bridgehead atoms. The van der Waals surface area contributed by atoms with Gasteiger partial charge >= 0.3 is 5.97 Å². The zero-order valence-electron chi connectivity index (χ0n) is 16.6. The molecule has 2 aromatic rings. The highest BCUT2D eigenvalue weighted by Crippen LogP contribution is 2.42. The number of aliphatic imine (C=N–C) groups is 1. The summed E-state index contributed by atoms with van der Waals surface area (Å²) in [5.41, 5.74) is -0.816. The molecular formula is C22H22Cl2N2O3. The van der Waals surface area contributed by atoms with Crippen LogP contribution in [-0.2, 0) is 15.1 Å². The largest absolute Gasteiger partial charge is 0.432 e. The average Bonchev–Trinajstić information content (AvgIpc) is 2.66. The van der Waals surface area contributed by atoms with Gasteiger partial charge in [0.1, 0.15) is 0 Å². The van der Waals surface area contributed by atoms with E-state index in [1.54, 1.807) is 53.4 Å². The Morgan fingerprint density at radius 2 is 1.48 bits per heavy atom. The molecule has 3 rings (SSSR count). The summed E-state index contributed by atoms with van der Waals surface area (Å²) in [6.45, 7) is 7.59. The number of hydrogen-bond acceptors (Lipinski definition) is 4. The zero-order valence-corrected chi connectivity index (χ0v) is 18.2. The third-order valence-corrected chi connectivity index (χ3v) is 5.04. The maximum Gasteiger partial charge on any atom is 0.339 e. The lowest BCUT2D eigenvalue weighted by Gasteiger charge is -2.50. The fraction of sp³-hybridized carbons (Fsp3) is 0.318. The highest BCUT2D eigenvalue weighted by molar-refractivity contribution is 6.31. The Hall–Kier alpha value is -2.37. The Labute approximate surface area is 180 Å². The van der Waals surface area contributed by atoms with Crippen LogP contribution in [0.2, 0.25) is 10.0 Å². The molecule has 0 spiro atoms. The Morgan fingerprint density at radius 1 is 0.966 bits per heavy atom. The van der Waals surface area contributed by atoms with Crippen molar-refractivity contribution in [1.29, 1.82) is 0 Å². The number of likely N-dealkylation sites (tertiary alicyclic amines) is 1. The first-order valence-corrected chi connectivity index (χ1v) is 10.1. The van der Waals surface area contributed by atoms with Gasteiger partial charge in [0.2, 0.25) is 0 Å². The van der Waals surface area contributed by atoms with Crippen LogP contribution in [0.3, 0.4) is 0 Å². The number of nitrogens with zero attached hydrogens (tertiary/aromatic N) is 2. The number of rotatable bonds is 5. The summed E-state index contributed by atoms with van der Waals surface area (Å²) in [5.74, 6) is -0.557. The third-order valence-electron chi connectivity index (χ3n) is 4.54. The Morgan fingerprint density at radius 3 is 1.97 bits per heavy atom. The van der Waals surface area contributed by atoms with E-state index < -0.39 is 11.6 Å². The lowest BCUT2D eigenvalue weighted by molar-refractivity contribution is -0.154. The molecule has 0 aliphatic carbocycles. The summed E-state index contributed by atoms with van der Waals surface area (Å²) in [6.07, 6.45) is 0. The van der Waals surface area contributed by atoms with Crippen LogP contribution in [0.5, 0.6) is 0 Å². The number of hydrogen-bond donors (Lipinski definition) is 0. The van der Waals surface area contributed by atoms with Crippen LogP contribution in [0.15, 0.2) is 53.5 Å². The molecule has 0 saturated carbocycles. The van der Waals surface area contributed by atoms with Crippen molar-refractivity contribution in [3.63, 3.8) is 0 Å². The van der Waals surface area contributed by atoms with Crippen molar-refractivity contribution in [2.45, 2.75) is 45.4 Å². The van der Waals surface area contributed by atoms with Gasteiger partial charge in [-0.2, -0.15) is 0 Å². The van der Waals surface area contributed by atoms with Crippen LogP contribution in [0.25, 0.3) is 0 Å². The van der Waals surface area contributed by atoms with E-state index >= 15 is 0 Å². The second-order valence-electron chi connectivity index (χ2n) is 7.40. The molecule has 1 fully saturated rings. The van der Waals surface area contributed by atoms with Crippen molar-refractivity contribution >= 4 is 40.9 Å². The summed E-state index contributed by atoms with van der Waals surface area (Å²) in [7, 11) is 0. The van der Waals surface area contributed by atoms with E-state index in [1.165, 1.54) is 0 Å². The van der Waals surface area contributed by atoms with Gasteiger partial charge < -0.3 is 4.74 Å². The standard InChI is InChI=1S/C22H22Cl2N2O3/c1-13(2)25-20-22(21(28)26(20)14(3)4,16-7-11-18(24)12-8-16)29-19(27)15-5-9-17(23)10-6-15/h5-14H,1-4H3. The highest BCUT2D eigenvalue weighted by atomic mass is 35.5. The maximum atomic E-state index is 13.3. The monoisotopic (exact) mass is 432 g/mol. The van der Waals surface area contributed by atoms with Gasteiger partial charge in [-0.3, -0.25) is 14.7 Å². The quantitative estimate of drug-likeness (QED) is 0.487. The Bertz CT molecular complexity index is 953. The Kier molecular flexibility index (Phi) is 6.01. The first-order valence-electron chi connectivity index (χ1n) is 9.33. The number of carbonyl (C=O) groups excluding carboxylic acids is 2. The van der Waals surface area contributed by atoms with E-state index in [2.05, 4.69) is 4.99 Å². The smallest absolute Gasteiger partial charge is 0.339 e. The molecule has 0 aromatic heterocycles. The number of benzene rings is 2. The van der Waals surface area contributed by atoms with Crippen molar-refractivity contribution in [1.82, 2.24) is 4.90 Å². The van der Waals surface area contributed by atoms with Gasteiger partial charge in [-0.1, -0.05) is 35.3 Å². The second kappa shape index (κ2) is 8.17. The fourth-order valence-electron chi connectivity index (χ4n) is 3.22. The lowest BCUT2D eigenvalue weighted by atomic mass is 9.81. The summed E-state index contributed by atoms with van der Waals surface area (Å²) >= 11 is 11.9. The van der Waals surface area contributed by atoms with Gasteiger partial charge in [0.15, 0.2) is 5.84 Å². The van der Waals surface area contributed by atoms with Crippen LogP contribution >= 0.6 is 23.2 Å². The first kappa shape index (κ1) is 21.3. The van der Waals surface area contributed by atoms with Crippen molar-refractivity contribution in [2.24, 2.45) is 4.99 Å². The van der Waals surface area contributed by atoms with Crippen LogP contribution in [0.1, 0.15) is 43.6 Å². The predicted octanol–water partition coefficient (Wildman–Crippen LogP) is 5.10. The molecule has 29 heavy (non-hydrogen) atoms. The average molecular weight is 433 g/mol. The molecule has 1 amide bonds. The number of amides is 1. The van der Waals surface area contributed by atoms with Crippen LogP contribution < -0.4 is 0 Å². The predicted molar refractivity (Wildman–Crippen MR) is 115 cm³/mol. The van der Waals surface area contributed by atoms with E-state index in [9.17, 15) is 9.59 Å². The molecule has 152 valence electrons. The molecule has 2 aromatic carbocycles. The van der Waals surface area contributed by atoms with Crippen molar-refractivity contribution in [3.05, 3.63) is 69.7 Å². The van der Waals surface area contributed by atoms with Crippen molar-refractivity contribution < 1.29 is 14.3 Å². The molecule has 1 unspecified atom stereocenters. The Balaban J connectivity index is 2.12. The first-order chi connectivity index (χ1) is 13.7. The van der Waals surface area contributed by atoms with Gasteiger partial charge in [0.05, 0.1) is 5.56 Å². The maximum absolute atomic E-state index is 13.3. The van der Waals surface area contributed by atoms with E-state index in [-0.39, 0.29) is 18.0 Å². The van der Waals surface area contributed by atoms with Gasteiger partial charge in [-0.25, -0.2) is 4.79 Å². The molecule has 7 heteroatoms. The summed E-state index contributed by atoms with van der Waals surface area (Å²) in [4.78, 5) is 32.5. The molecule has 0 N–H and O–H groups in total. The second-order valence-corrected chi connectivity index (χ2v) is 8.27. The van der Waals surface area contributed by atoms with E-state index in [0.29, 0.717) is 27.0 Å². The van der Waals surface area contributed by atoms with Crippen LogP contribution in [-0.4, -0.2) is 34.7 Å². The van der Waals surface area contributed by atoms with E-state index in [0.717, 1.165) is 0 Å². The van der Waals surface area contributed by atoms with Crippen LogP contribution in [0.4, 0.5) is 0 Å². The minimum absolute atomic E-state index is 0.0970. The highest BCUT2D eigenvalue weighted by Gasteiger charge is 2.64. The minimum atomic E-state index is -1.62. The number of esters is 1. The van der Waals surface area contributed by atoms with Gasteiger partial charge in [-0.15, -0.1) is 0 Å². The molecular weight excluding hydrogens is 411 g/mol. The molecule has 1 aliphatic rings. The number of halogens is 2. The molecule has 1 saturated heterocycles. The van der Waals surface area contributed by atoms with E-state index in [1.807, 2.05) is 27.7 Å². The minimum Gasteiger partial charge on any atom is -0.432 e. The van der Waals surface area contributed by atoms with Crippen LogP contribution in [0, 0.1) is 0 Å². The SMILES string of the molecule is CC(C)N=C1N(C(C)C)C(=O)C1(OC(=O)c1ccc(Cl)cc1)c1ccc(Cl)cc1. The molecule has 5 nitrogen and oxygen atoms in total. The summed E-state index contributed by atoms with van der Waals surface area (Å²) < 4.78 is 5.88. The van der Waals surface area contributed by atoms with Gasteiger partial charge in [0.25, 0.3) is 11.5 Å². The molecule has 1 atom stereocenters. The zero-order chi connectivity index (χ0) is 21.3. The number of amidine groups is 1.